The molecule has 3 rings (SSSR count). The molecule has 1 heterocycles. The molecule has 1 aromatic heterocycles. The first-order valence-corrected chi connectivity index (χ1v) is 8.86. The van der Waals surface area contributed by atoms with Crippen LogP contribution in [-0.4, -0.2) is 41.7 Å². The van der Waals surface area contributed by atoms with Crippen molar-refractivity contribution in [3.63, 3.8) is 0 Å². The van der Waals surface area contributed by atoms with Gasteiger partial charge in [0.15, 0.2) is 6.61 Å². The number of hydrogen-bond acceptors (Lipinski definition) is 6. The zero-order valence-corrected chi connectivity index (χ0v) is 16.4. The fraction of sp³-hybridized carbons (Fsp3) is 0.286. The van der Waals surface area contributed by atoms with Gasteiger partial charge in [-0.05, 0) is 49.2 Å². The monoisotopic (exact) mass is 381 g/mol. The minimum absolute atomic E-state index is 0.0593. The second-order valence-electron chi connectivity index (χ2n) is 6.61. The average Bonchev–Trinajstić information content (AvgIpc) is 3.14. The number of aryl methyl sites for hydroxylation is 2. The highest BCUT2D eigenvalue weighted by atomic mass is 16.5. The van der Waals surface area contributed by atoms with E-state index in [9.17, 15) is 4.79 Å². The number of benzene rings is 2. The number of methoxy groups -OCH3 is 1. The molecule has 7 nitrogen and oxygen atoms in total. The molecule has 0 radical (unpaired) electrons. The minimum Gasteiger partial charge on any atom is -0.497 e. The van der Waals surface area contributed by atoms with Crippen LogP contribution in [0, 0.1) is 13.8 Å². The molecule has 0 bridgehead atoms. The van der Waals surface area contributed by atoms with Crippen molar-refractivity contribution in [2.45, 2.75) is 20.4 Å². The smallest absolute Gasteiger partial charge is 0.260 e. The summed E-state index contributed by atoms with van der Waals surface area (Å²) < 4.78 is 16.1. The van der Waals surface area contributed by atoms with E-state index in [0.717, 1.165) is 16.7 Å². The Morgan fingerprint density at radius 1 is 1.11 bits per heavy atom. The standard InChI is InChI=1S/C21H23N3O4/c1-14-8-15(2)10-18(9-14)27-13-20(25)24(3)12-19-22-21(23-28-19)16-6-5-7-17(11-16)26-4/h5-11H,12-13H2,1-4H3. The van der Waals surface area contributed by atoms with Crippen LogP contribution < -0.4 is 9.47 Å². The van der Waals surface area contributed by atoms with E-state index in [1.54, 1.807) is 14.2 Å². The number of aromatic nitrogens is 2. The van der Waals surface area contributed by atoms with Crippen molar-refractivity contribution in [1.29, 1.82) is 0 Å². The Balaban J connectivity index is 1.59. The van der Waals surface area contributed by atoms with Crippen LogP contribution in [-0.2, 0) is 11.3 Å². The second-order valence-corrected chi connectivity index (χ2v) is 6.61. The highest BCUT2D eigenvalue weighted by molar-refractivity contribution is 5.77. The summed E-state index contributed by atoms with van der Waals surface area (Å²) in [7, 11) is 3.27. The van der Waals surface area contributed by atoms with Gasteiger partial charge in [0.1, 0.15) is 11.5 Å². The third kappa shape index (κ3) is 4.88. The lowest BCUT2D eigenvalue weighted by Crippen LogP contribution is -2.31. The van der Waals surface area contributed by atoms with Crippen LogP contribution in [0.15, 0.2) is 47.0 Å². The zero-order valence-electron chi connectivity index (χ0n) is 16.4. The van der Waals surface area contributed by atoms with Crippen LogP contribution in [0.25, 0.3) is 11.4 Å². The van der Waals surface area contributed by atoms with Crippen molar-refractivity contribution >= 4 is 5.91 Å². The van der Waals surface area contributed by atoms with E-state index < -0.39 is 0 Å². The number of likely N-dealkylation sites (N-methyl/N-ethyl adjacent to an activating group) is 1. The van der Waals surface area contributed by atoms with Crippen LogP contribution in [0.1, 0.15) is 17.0 Å². The summed E-state index contributed by atoms with van der Waals surface area (Å²) in [4.78, 5) is 18.2. The number of hydrogen-bond donors (Lipinski definition) is 0. The highest BCUT2D eigenvalue weighted by Crippen LogP contribution is 2.21. The Morgan fingerprint density at radius 2 is 1.86 bits per heavy atom. The summed E-state index contributed by atoms with van der Waals surface area (Å²) in [5.74, 6) is 2.00. The molecule has 0 unspecified atom stereocenters. The second kappa shape index (κ2) is 8.56. The highest BCUT2D eigenvalue weighted by Gasteiger charge is 2.15. The van der Waals surface area contributed by atoms with Crippen molar-refractivity contribution < 1.29 is 18.8 Å². The molecule has 0 aliphatic heterocycles. The first-order chi connectivity index (χ1) is 13.4. The molecule has 0 N–H and O–H groups in total. The lowest BCUT2D eigenvalue weighted by atomic mass is 10.1. The van der Waals surface area contributed by atoms with Gasteiger partial charge < -0.3 is 18.9 Å². The maximum absolute atomic E-state index is 12.3. The van der Waals surface area contributed by atoms with Gasteiger partial charge in [-0.2, -0.15) is 4.98 Å². The summed E-state index contributed by atoms with van der Waals surface area (Å²) >= 11 is 0. The molecule has 0 spiro atoms. The summed E-state index contributed by atoms with van der Waals surface area (Å²) in [6.45, 7) is 4.12. The normalized spacial score (nSPS) is 10.6. The Bertz CT molecular complexity index is 948. The van der Waals surface area contributed by atoms with Crippen LogP contribution in [0.5, 0.6) is 11.5 Å². The van der Waals surface area contributed by atoms with Crippen molar-refractivity contribution in [2.24, 2.45) is 0 Å². The van der Waals surface area contributed by atoms with Gasteiger partial charge in [-0.3, -0.25) is 4.79 Å². The van der Waals surface area contributed by atoms with E-state index in [2.05, 4.69) is 16.2 Å². The molecule has 2 aromatic carbocycles. The van der Waals surface area contributed by atoms with Crippen molar-refractivity contribution in [3.05, 3.63) is 59.5 Å². The van der Waals surface area contributed by atoms with Gasteiger partial charge in [-0.25, -0.2) is 0 Å². The van der Waals surface area contributed by atoms with E-state index in [0.29, 0.717) is 23.2 Å². The van der Waals surface area contributed by atoms with E-state index >= 15 is 0 Å². The third-order valence-corrected chi connectivity index (χ3v) is 4.15. The van der Waals surface area contributed by atoms with Crippen LogP contribution in [0.4, 0.5) is 0 Å². The summed E-state index contributed by atoms with van der Waals surface area (Å²) in [6, 6.07) is 13.2. The van der Waals surface area contributed by atoms with Crippen LogP contribution >= 0.6 is 0 Å². The van der Waals surface area contributed by atoms with Gasteiger partial charge in [0.05, 0.1) is 13.7 Å². The topological polar surface area (TPSA) is 77.7 Å². The van der Waals surface area contributed by atoms with Crippen LogP contribution in [0.3, 0.4) is 0 Å². The maximum Gasteiger partial charge on any atom is 0.260 e. The van der Waals surface area contributed by atoms with Crippen molar-refractivity contribution in [3.8, 4) is 22.9 Å². The van der Waals surface area contributed by atoms with Crippen LogP contribution in [0.2, 0.25) is 0 Å². The van der Waals surface area contributed by atoms with Gasteiger partial charge in [-0.15, -0.1) is 0 Å². The molecular weight excluding hydrogens is 358 g/mol. The Labute approximate surface area is 163 Å². The lowest BCUT2D eigenvalue weighted by molar-refractivity contribution is -0.132. The number of nitrogens with zero attached hydrogens (tertiary/aromatic N) is 3. The number of rotatable bonds is 7. The average molecular weight is 381 g/mol. The molecule has 0 atom stereocenters. The summed E-state index contributed by atoms with van der Waals surface area (Å²) in [6.07, 6.45) is 0. The maximum atomic E-state index is 12.3. The molecular formula is C21H23N3O4. The fourth-order valence-electron chi connectivity index (χ4n) is 2.76. The number of amides is 1. The zero-order chi connectivity index (χ0) is 20.1. The molecule has 0 saturated carbocycles. The summed E-state index contributed by atoms with van der Waals surface area (Å²) in [5.41, 5.74) is 2.96. The molecule has 146 valence electrons. The SMILES string of the molecule is COc1cccc(-c2noc(CN(C)C(=O)COc3cc(C)cc(C)c3)n2)c1. The predicted molar refractivity (Wildman–Crippen MR) is 104 cm³/mol. The lowest BCUT2D eigenvalue weighted by Gasteiger charge is -2.15. The quantitative estimate of drug-likeness (QED) is 0.624. The molecule has 0 fully saturated rings. The first kappa shape index (κ1) is 19.4. The van der Waals surface area contributed by atoms with E-state index in [-0.39, 0.29) is 19.1 Å². The number of carbonyl (C=O) groups is 1. The molecule has 0 saturated heterocycles. The van der Waals surface area contributed by atoms with Gasteiger partial charge in [-0.1, -0.05) is 23.4 Å². The van der Waals surface area contributed by atoms with Gasteiger partial charge in [0, 0.05) is 12.6 Å². The van der Waals surface area contributed by atoms with E-state index in [1.165, 1.54) is 4.90 Å². The van der Waals surface area contributed by atoms with Gasteiger partial charge in [0.2, 0.25) is 11.7 Å². The molecule has 3 aromatic rings. The number of ether oxygens (including phenoxy) is 2. The molecule has 7 heteroatoms. The fourth-order valence-corrected chi connectivity index (χ4v) is 2.76. The minimum atomic E-state index is -0.180. The molecule has 28 heavy (non-hydrogen) atoms. The summed E-state index contributed by atoms with van der Waals surface area (Å²) in [5, 5.41) is 3.98. The van der Waals surface area contributed by atoms with Crippen molar-refractivity contribution in [1.82, 2.24) is 15.0 Å². The van der Waals surface area contributed by atoms with Crippen molar-refractivity contribution in [2.75, 3.05) is 20.8 Å². The van der Waals surface area contributed by atoms with Gasteiger partial charge in [0.25, 0.3) is 5.91 Å². The first-order valence-electron chi connectivity index (χ1n) is 8.86. The Morgan fingerprint density at radius 3 is 2.57 bits per heavy atom. The Kier molecular flexibility index (Phi) is 5.93. The number of carbonyl (C=O) groups excluding carboxylic acids is 1. The molecule has 1 amide bonds. The largest absolute Gasteiger partial charge is 0.497 e. The predicted octanol–water partition coefficient (Wildman–Crippen LogP) is 3.40. The van der Waals surface area contributed by atoms with Gasteiger partial charge >= 0.3 is 0 Å². The third-order valence-electron chi connectivity index (χ3n) is 4.15. The molecule has 0 aliphatic carbocycles. The molecule has 0 aliphatic rings. The van der Waals surface area contributed by atoms with E-state index in [4.69, 9.17) is 14.0 Å². The Hall–Kier alpha value is -3.35. The van der Waals surface area contributed by atoms with E-state index in [1.807, 2.05) is 50.2 Å².